The minimum Gasteiger partial charge on any atom is -0.464 e. The topological polar surface area (TPSA) is 90.1 Å². The maximum atomic E-state index is 11.2. The Balaban J connectivity index is 2.08. The summed E-state index contributed by atoms with van der Waals surface area (Å²) in [7, 11) is 1.32. The fourth-order valence-electron chi connectivity index (χ4n) is 2.32. The molecule has 0 unspecified atom stereocenters. The largest absolute Gasteiger partial charge is 0.464 e. The lowest BCUT2D eigenvalue weighted by Gasteiger charge is -2.28. The smallest absolute Gasteiger partial charge is 0.358 e. The van der Waals surface area contributed by atoms with Crippen molar-refractivity contribution in [2.24, 2.45) is 5.73 Å². The predicted molar refractivity (Wildman–Crippen MR) is 67.2 cm³/mol. The van der Waals surface area contributed by atoms with Gasteiger partial charge in [-0.25, -0.2) is 4.79 Å². The monoisotopic (exact) mass is 250 g/mol. The van der Waals surface area contributed by atoms with Crippen molar-refractivity contribution in [2.45, 2.75) is 31.2 Å². The summed E-state index contributed by atoms with van der Waals surface area (Å²) in [5.74, 6) is 0.165. The van der Waals surface area contributed by atoms with Crippen LogP contribution in [0.1, 0.15) is 36.2 Å². The number of methoxy groups -OCH3 is 1. The highest BCUT2D eigenvalue weighted by Crippen LogP contribution is 2.31. The number of carbonyl (C=O) groups is 1. The fourth-order valence-corrected chi connectivity index (χ4v) is 2.32. The number of nitrogens with two attached hydrogens (primary N) is 1. The molecule has 1 aliphatic carbocycles. The van der Waals surface area contributed by atoms with Gasteiger partial charge in [0.2, 0.25) is 0 Å². The van der Waals surface area contributed by atoms with Crippen LogP contribution in [0.3, 0.4) is 0 Å². The van der Waals surface area contributed by atoms with E-state index >= 15 is 0 Å². The number of esters is 1. The molecule has 0 aromatic carbocycles. The van der Waals surface area contributed by atoms with Crippen molar-refractivity contribution >= 4 is 11.8 Å². The van der Waals surface area contributed by atoms with Crippen molar-refractivity contribution in [3.05, 3.63) is 17.8 Å². The van der Waals surface area contributed by atoms with Crippen molar-refractivity contribution in [1.82, 2.24) is 10.2 Å². The molecule has 18 heavy (non-hydrogen) atoms. The van der Waals surface area contributed by atoms with Crippen molar-refractivity contribution in [1.29, 1.82) is 0 Å². The molecule has 1 heterocycles. The molecular weight excluding hydrogens is 232 g/mol. The van der Waals surface area contributed by atoms with Gasteiger partial charge in [-0.3, -0.25) is 0 Å². The van der Waals surface area contributed by atoms with E-state index in [0.717, 1.165) is 12.8 Å². The van der Waals surface area contributed by atoms with E-state index in [1.54, 1.807) is 12.1 Å². The summed E-state index contributed by atoms with van der Waals surface area (Å²) < 4.78 is 4.57. The van der Waals surface area contributed by atoms with E-state index in [-0.39, 0.29) is 11.2 Å². The lowest BCUT2D eigenvalue weighted by Crippen LogP contribution is -2.43. The first-order valence-corrected chi connectivity index (χ1v) is 6.09. The zero-order valence-corrected chi connectivity index (χ0v) is 10.5. The van der Waals surface area contributed by atoms with Crippen LogP contribution < -0.4 is 11.1 Å². The number of nitrogens with zero attached hydrogens (tertiary/aromatic N) is 2. The molecule has 0 atom stereocenters. The molecule has 3 N–H and O–H groups in total. The average molecular weight is 250 g/mol. The maximum absolute atomic E-state index is 11.2. The summed E-state index contributed by atoms with van der Waals surface area (Å²) in [5, 5.41) is 11.2. The zero-order valence-electron chi connectivity index (χ0n) is 10.5. The number of anilines is 1. The Kier molecular flexibility index (Phi) is 3.76. The van der Waals surface area contributed by atoms with Crippen molar-refractivity contribution in [3.63, 3.8) is 0 Å². The lowest BCUT2D eigenvalue weighted by molar-refractivity contribution is 0.0593. The SMILES string of the molecule is COC(=O)c1ccc(NC2(CN)CCCC2)nn1. The van der Waals surface area contributed by atoms with Gasteiger partial charge >= 0.3 is 5.97 Å². The molecule has 6 nitrogen and oxygen atoms in total. The van der Waals surface area contributed by atoms with Crippen molar-refractivity contribution in [2.75, 3.05) is 19.0 Å². The van der Waals surface area contributed by atoms with Gasteiger partial charge in [-0.2, -0.15) is 0 Å². The third-order valence-electron chi connectivity index (χ3n) is 3.40. The number of ether oxygens (including phenoxy) is 1. The predicted octanol–water partition coefficient (Wildman–Crippen LogP) is 0.947. The van der Waals surface area contributed by atoms with Crippen LogP contribution >= 0.6 is 0 Å². The standard InChI is InChI=1S/C12H18N4O2/c1-18-11(17)9-4-5-10(16-15-9)14-12(8-13)6-2-3-7-12/h4-5H,2-3,6-8,13H2,1H3,(H,14,16). The first kappa shape index (κ1) is 12.8. The third-order valence-corrected chi connectivity index (χ3v) is 3.40. The maximum Gasteiger partial charge on any atom is 0.358 e. The second-order valence-corrected chi connectivity index (χ2v) is 4.61. The Morgan fingerprint density at radius 1 is 1.44 bits per heavy atom. The molecule has 0 aliphatic heterocycles. The molecular formula is C12H18N4O2. The number of aromatic nitrogens is 2. The zero-order chi connectivity index (χ0) is 13.0. The van der Waals surface area contributed by atoms with Crippen molar-refractivity contribution in [3.8, 4) is 0 Å². The Labute approximate surface area is 106 Å². The van der Waals surface area contributed by atoms with E-state index < -0.39 is 5.97 Å². The van der Waals surface area contributed by atoms with Gasteiger partial charge in [-0.05, 0) is 25.0 Å². The fraction of sp³-hybridized carbons (Fsp3) is 0.583. The van der Waals surface area contributed by atoms with Gasteiger partial charge in [0.15, 0.2) is 5.69 Å². The number of carbonyl (C=O) groups excluding carboxylic acids is 1. The highest BCUT2D eigenvalue weighted by molar-refractivity contribution is 5.86. The Morgan fingerprint density at radius 2 is 2.17 bits per heavy atom. The van der Waals surface area contributed by atoms with Gasteiger partial charge in [0, 0.05) is 6.54 Å². The van der Waals surface area contributed by atoms with E-state index in [2.05, 4.69) is 20.3 Å². The molecule has 0 saturated heterocycles. The molecule has 0 spiro atoms. The number of nitrogens with one attached hydrogen (secondary N) is 1. The summed E-state index contributed by atoms with van der Waals surface area (Å²) in [6, 6.07) is 3.33. The van der Waals surface area contributed by atoms with Crippen LogP contribution in [0.25, 0.3) is 0 Å². The first-order chi connectivity index (χ1) is 8.69. The van der Waals surface area contributed by atoms with Crippen LogP contribution in [0.4, 0.5) is 5.82 Å². The molecule has 0 amide bonds. The summed E-state index contributed by atoms with van der Waals surface area (Å²) in [6.45, 7) is 0.577. The number of rotatable bonds is 4. The lowest BCUT2D eigenvalue weighted by atomic mass is 9.98. The van der Waals surface area contributed by atoms with E-state index in [9.17, 15) is 4.79 Å². The van der Waals surface area contributed by atoms with Gasteiger partial charge in [-0.1, -0.05) is 12.8 Å². The summed E-state index contributed by atoms with van der Waals surface area (Å²) in [4.78, 5) is 11.2. The van der Waals surface area contributed by atoms with Crippen LogP contribution in [-0.4, -0.2) is 35.4 Å². The van der Waals surface area contributed by atoms with Gasteiger partial charge < -0.3 is 15.8 Å². The average Bonchev–Trinajstić information content (AvgIpc) is 2.88. The van der Waals surface area contributed by atoms with Gasteiger partial charge in [0.05, 0.1) is 12.6 Å². The van der Waals surface area contributed by atoms with Crippen molar-refractivity contribution < 1.29 is 9.53 Å². The molecule has 1 aromatic rings. The van der Waals surface area contributed by atoms with E-state index in [1.807, 2.05) is 0 Å². The van der Waals surface area contributed by atoms with Crippen LogP contribution in [0.5, 0.6) is 0 Å². The normalized spacial score (nSPS) is 17.4. The third kappa shape index (κ3) is 2.59. The molecule has 98 valence electrons. The molecule has 6 heteroatoms. The van der Waals surface area contributed by atoms with Crippen LogP contribution in [0.15, 0.2) is 12.1 Å². The molecule has 2 rings (SSSR count). The van der Waals surface area contributed by atoms with Crippen LogP contribution in [0.2, 0.25) is 0 Å². The second kappa shape index (κ2) is 5.30. The highest BCUT2D eigenvalue weighted by atomic mass is 16.5. The summed E-state index contributed by atoms with van der Waals surface area (Å²) >= 11 is 0. The Morgan fingerprint density at radius 3 is 2.67 bits per heavy atom. The first-order valence-electron chi connectivity index (χ1n) is 6.09. The molecule has 0 bridgehead atoms. The molecule has 1 saturated carbocycles. The van der Waals surface area contributed by atoms with Gasteiger partial charge in [0.1, 0.15) is 5.82 Å². The van der Waals surface area contributed by atoms with Crippen LogP contribution in [-0.2, 0) is 4.74 Å². The Hall–Kier alpha value is -1.69. The molecule has 1 aromatic heterocycles. The quantitative estimate of drug-likeness (QED) is 0.773. The summed E-state index contributed by atoms with van der Waals surface area (Å²) in [6.07, 6.45) is 4.45. The van der Waals surface area contributed by atoms with Gasteiger partial charge in [0.25, 0.3) is 0 Å². The number of hydrogen-bond donors (Lipinski definition) is 2. The summed E-state index contributed by atoms with van der Waals surface area (Å²) in [5.41, 5.74) is 5.97. The number of hydrogen-bond acceptors (Lipinski definition) is 6. The van der Waals surface area contributed by atoms with Gasteiger partial charge in [-0.15, -0.1) is 10.2 Å². The minimum absolute atomic E-state index is 0.0680. The molecule has 1 aliphatic rings. The van der Waals surface area contributed by atoms with Crippen LogP contribution in [0, 0.1) is 0 Å². The molecule has 1 fully saturated rings. The molecule has 0 radical (unpaired) electrons. The highest BCUT2D eigenvalue weighted by Gasteiger charge is 2.32. The van der Waals surface area contributed by atoms with E-state index in [4.69, 9.17) is 5.73 Å². The van der Waals surface area contributed by atoms with E-state index in [0.29, 0.717) is 12.4 Å². The minimum atomic E-state index is -0.483. The second-order valence-electron chi connectivity index (χ2n) is 4.61. The Bertz CT molecular complexity index is 413. The van der Waals surface area contributed by atoms with E-state index in [1.165, 1.54) is 20.0 Å².